The van der Waals surface area contributed by atoms with E-state index in [0.29, 0.717) is 41.4 Å². The number of aryl methyl sites for hydroxylation is 2. The summed E-state index contributed by atoms with van der Waals surface area (Å²) >= 11 is 5.92. The van der Waals surface area contributed by atoms with Gasteiger partial charge in [0.15, 0.2) is 5.65 Å². The van der Waals surface area contributed by atoms with Crippen LogP contribution in [0.25, 0.3) is 11.0 Å². The van der Waals surface area contributed by atoms with E-state index in [0.717, 1.165) is 5.56 Å². The zero-order valence-corrected chi connectivity index (χ0v) is 16.9. The average molecular weight is 428 g/mol. The van der Waals surface area contributed by atoms with Gasteiger partial charge in [-0.25, -0.2) is 14.8 Å². The van der Waals surface area contributed by atoms with Crippen molar-refractivity contribution in [3.05, 3.63) is 80.2 Å². The predicted octanol–water partition coefficient (Wildman–Crippen LogP) is 2.42. The van der Waals surface area contributed by atoms with Gasteiger partial charge in [-0.2, -0.15) is 4.68 Å². The summed E-state index contributed by atoms with van der Waals surface area (Å²) in [5, 5.41) is 5.19. The van der Waals surface area contributed by atoms with Gasteiger partial charge in [-0.15, -0.1) is 5.10 Å². The van der Waals surface area contributed by atoms with E-state index in [4.69, 9.17) is 20.8 Å². The highest BCUT2D eigenvalue weighted by atomic mass is 35.5. The molecule has 154 valence electrons. The largest absolute Gasteiger partial charge is 0.493 e. The number of benzene rings is 1. The Morgan fingerprint density at radius 1 is 1.20 bits per heavy atom. The van der Waals surface area contributed by atoms with Crippen LogP contribution in [0.3, 0.4) is 0 Å². The molecule has 0 amide bonds. The Kier molecular flexibility index (Phi) is 5.62. The van der Waals surface area contributed by atoms with Gasteiger partial charge in [0.05, 0.1) is 18.5 Å². The fourth-order valence-electron chi connectivity index (χ4n) is 3.00. The minimum atomic E-state index is -0.590. The van der Waals surface area contributed by atoms with E-state index in [1.165, 1.54) is 15.6 Å². The van der Waals surface area contributed by atoms with Crippen LogP contribution in [0.2, 0.25) is 5.02 Å². The molecule has 0 spiro atoms. The first-order chi connectivity index (χ1) is 14.5. The molecule has 0 N–H and O–H groups in total. The fourth-order valence-corrected chi connectivity index (χ4v) is 3.18. The molecule has 1 aromatic carbocycles. The Labute approximate surface area is 175 Å². The molecule has 0 aliphatic rings. The molecule has 0 atom stereocenters. The molecule has 4 rings (SSSR count). The molecule has 4 aromatic rings. The molecular weight excluding hydrogens is 410 g/mol. The summed E-state index contributed by atoms with van der Waals surface area (Å²) in [7, 11) is 0. The number of rotatable bonds is 7. The maximum absolute atomic E-state index is 12.7. The third kappa shape index (κ3) is 4.25. The number of fused-ring (bicyclic) bond motifs is 1. The second-order valence-electron chi connectivity index (χ2n) is 6.65. The molecule has 0 aliphatic carbocycles. The van der Waals surface area contributed by atoms with Crippen LogP contribution >= 0.6 is 11.6 Å². The molecule has 0 aliphatic heterocycles. The Balaban J connectivity index is 1.42. The van der Waals surface area contributed by atoms with E-state index in [1.807, 2.05) is 6.92 Å². The van der Waals surface area contributed by atoms with Crippen molar-refractivity contribution < 1.29 is 9.15 Å². The topological polar surface area (TPSA) is 105 Å². The van der Waals surface area contributed by atoms with Gasteiger partial charge in [0.25, 0.3) is 5.56 Å². The van der Waals surface area contributed by atoms with Crippen LogP contribution in [0.5, 0.6) is 5.75 Å². The van der Waals surface area contributed by atoms with Crippen LogP contribution < -0.4 is 16.1 Å². The minimum Gasteiger partial charge on any atom is -0.493 e. The number of halogens is 1. The van der Waals surface area contributed by atoms with Crippen LogP contribution in [-0.2, 0) is 13.1 Å². The van der Waals surface area contributed by atoms with E-state index in [-0.39, 0.29) is 18.0 Å². The number of ether oxygens (including phenoxy) is 1. The summed E-state index contributed by atoms with van der Waals surface area (Å²) in [5.41, 5.74) is 0.888. The Hall–Kier alpha value is -3.46. The Bertz CT molecular complexity index is 1310. The highest BCUT2D eigenvalue weighted by molar-refractivity contribution is 6.30. The highest BCUT2D eigenvalue weighted by Crippen LogP contribution is 2.17. The zero-order chi connectivity index (χ0) is 21.1. The molecule has 0 unspecified atom stereocenters. The first kappa shape index (κ1) is 19.8. The molecule has 9 nitrogen and oxygen atoms in total. The van der Waals surface area contributed by atoms with E-state index in [2.05, 4.69) is 15.1 Å². The lowest BCUT2D eigenvalue weighted by Crippen LogP contribution is -2.22. The number of pyridine rings is 1. The predicted molar refractivity (Wildman–Crippen MR) is 110 cm³/mol. The standard InChI is InChI=1S/C20H18ClN5O4/c1-13-6-7-22-18-17(13)19(27)25(12-23-18)11-16-24-26(20(28)30-16)8-3-9-29-15-5-2-4-14(21)10-15/h2,4-7,10,12H,3,8-9,11H2,1H3. The zero-order valence-electron chi connectivity index (χ0n) is 16.1. The third-order valence-corrected chi connectivity index (χ3v) is 4.70. The summed E-state index contributed by atoms with van der Waals surface area (Å²) in [6, 6.07) is 8.83. The molecule has 3 aromatic heterocycles. The van der Waals surface area contributed by atoms with E-state index < -0.39 is 5.76 Å². The second-order valence-corrected chi connectivity index (χ2v) is 7.08. The van der Waals surface area contributed by atoms with E-state index >= 15 is 0 Å². The fraction of sp³-hybridized carbons (Fsp3) is 0.250. The lowest BCUT2D eigenvalue weighted by molar-refractivity contribution is 0.296. The van der Waals surface area contributed by atoms with Gasteiger partial charge in [0.2, 0.25) is 5.89 Å². The van der Waals surface area contributed by atoms with Gasteiger partial charge in [-0.3, -0.25) is 9.36 Å². The summed E-state index contributed by atoms with van der Waals surface area (Å²) in [6.45, 7) is 2.52. The van der Waals surface area contributed by atoms with E-state index in [1.54, 1.807) is 36.5 Å². The van der Waals surface area contributed by atoms with Crippen molar-refractivity contribution in [3.8, 4) is 5.75 Å². The van der Waals surface area contributed by atoms with Gasteiger partial charge in [-0.1, -0.05) is 17.7 Å². The summed E-state index contributed by atoms with van der Waals surface area (Å²) in [6.07, 6.45) is 3.51. The SMILES string of the molecule is Cc1ccnc2ncn(Cc3nn(CCCOc4cccc(Cl)c4)c(=O)o3)c(=O)c12. The monoisotopic (exact) mass is 427 g/mol. The van der Waals surface area contributed by atoms with Crippen LogP contribution in [-0.4, -0.2) is 30.9 Å². The van der Waals surface area contributed by atoms with Crippen LogP contribution in [0.15, 0.2) is 56.9 Å². The second kappa shape index (κ2) is 8.50. The van der Waals surface area contributed by atoms with E-state index in [9.17, 15) is 9.59 Å². The van der Waals surface area contributed by atoms with Crippen molar-refractivity contribution in [3.63, 3.8) is 0 Å². The summed E-state index contributed by atoms with van der Waals surface area (Å²) in [4.78, 5) is 33.1. The first-order valence-electron chi connectivity index (χ1n) is 9.27. The Morgan fingerprint density at radius 2 is 2.07 bits per heavy atom. The van der Waals surface area contributed by atoms with Gasteiger partial charge in [-0.05, 0) is 36.8 Å². The number of hydrogen-bond acceptors (Lipinski definition) is 7. The van der Waals surface area contributed by atoms with Crippen molar-refractivity contribution >= 4 is 22.6 Å². The van der Waals surface area contributed by atoms with Crippen LogP contribution in [0, 0.1) is 6.92 Å². The number of hydrogen-bond donors (Lipinski definition) is 0. The van der Waals surface area contributed by atoms with Crippen molar-refractivity contribution in [1.82, 2.24) is 24.3 Å². The molecule has 0 saturated carbocycles. The normalized spacial score (nSPS) is 11.1. The molecule has 3 heterocycles. The van der Waals surface area contributed by atoms with Crippen LogP contribution in [0.1, 0.15) is 17.9 Å². The molecule has 10 heteroatoms. The quantitative estimate of drug-likeness (QED) is 0.417. The smallest absolute Gasteiger partial charge is 0.437 e. The lowest BCUT2D eigenvalue weighted by atomic mass is 10.2. The van der Waals surface area contributed by atoms with Crippen LogP contribution in [0.4, 0.5) is 0 Å². The van der Waals surface area contributed by atoms with Crippen molar-refractivity contribution in [2.24, 2.45) is 0 Å². The number of aromatic nitrogens is 5. The summed E-state index contributed by atoms with van der Waals surface area (Å²) in [5.74, 6) is 0.191. The van der Waals surface area contributed by atoms with Gasteiger partial charge >= 0.3 is 5.76 Å². The highest BCUT2D eigenvalue weighted by Gasteiger charge is 2.12. The van der Waals surface area contributed by atoms with Crippen molar-refractivity contribution in [2.75, 3.05) is 6.61 Å². The lowest BCUT2D eigenvalue weighted by Gasteiger charge is -2.06. The first-order valence-corrected chi connectivity index (χ1v) is 9.65. The molecule has 0 bridgehead atoms. The summed E-state index contributed by atoms with van der Waals surface area (Å²) < 4.78 is 13.3. The van der Waals surface area contributed by atoms with Gasteiger partial charge in [0.1, 0.15) is 18.6 Å². The molecule has 0 saturated heterocycles. The minimum absolute atomic E-state index is 0.00262. The van der Waals surface area contributed by atoms with Gasteiger partial charge in [0, 0.05) is 17.6 Å². The molecule has 0 radical (unpaired) electrons. The molecular formula is C20H18ClN5O4. The maximum Gasteiger partial charge on any atom is 0.437 e. The molecule has 0 fully saturated rings. The number of nitrogens with zero attached hydrogens (tertiary/aromatic N) is 5. The van der Waals surface area contributed by atoms with Crippen molar-refractivity contribution in [1.29, 1.82) is 0 Å². The van der Waals surface area contributed by atoms with Gasteiger partial charge < -0.3 is 9.15 Å². The maximum atomic E-state index is 12.7. The van der Waals surface area contributed by atoms with Crippen molar-refractivity contribution in [2.45, 2.75) is 26.4 Å². The average Bonchev–Trinajstić information content (AvgIpc) is 3.07. The third-order valence-electron chi connectivity index (χ3n) is 4.47. The molecule has 30 heavy (non-hydrogen) atoms. The Morgan fingerprint density at radius 3 is 2.90 bits per heavy atom.